The van der Waals surface area contributed by atoms with E-state index < -0.39 is 10.1 Å². The average molecular weight is 442 g/mol. The van der Waals surface area contributed by atoms with Crippen molar-refractivity contribution in [2.24, 2.45) is 0 Å². The summed E-state index contributed by atoms with van der Waals surface area (Å²) in [4.78, 5) is 14.5. The monoisotopic (exact) mass is 441 g/mol. The lowest BCUT2D eigenvalue weighted by atomic mass is 10.1. The van der Waals surface area contributed by atoms with Crippen molar-refractivity contribution < 1.29 is 22.1 Å². The van der Waals surface area contributed by atoms with Gasteiger partial charge in [0.05, 0.1) is 12.9 Å². The summed E-state index contributed by atoms with van der Waals surface area (Å²) in [5.74, 6) is 0.123. The third-order valence-electron chi connectivity index (χ3n) is 3.47. The molecule has 2 aromatic rings. The van der Waals surface area contributed by atoms with E-state index in [-0.39, 0.29) is 11.7 Å². The predicted octanol–water partition coefficient (Wildman–Crippen LogP) is 3.08. The highest BCUT2D eigenvalue weighted by Gasteiger charge is 2.16. The Morgan fingerprint density at radius 1 is 1.15 bits per heavy atom. The fourth-order valence-corrected chi connectivity index (χ4v) is 3.16. The quantitative estimate of drug-likeness (QED) is 0.588. The van der Waals surface area contributed by atoms with Crippen LogP contribution in [-0.2, 0) is 21.4 Å². The van der Waals surface area contributed by atoms with Crippen LogP contribution in [-0.4, -0.2) is 45.7 Å². The number of hydrogen-bond donors (Lipinski definition) is 0. The summed E-state index contributed by atoms with van der Waals surface area (Å²) in [6.45, 7) is 1.21. The van der Waals surface area contributed by atoms with Crippen LogP contribution in [0.4, 0.5) is 0 Å². The van der Waals surface area contributed by atoms with Gasteiger partial charge < -0.3 is 13.8 Å². The molecule has 0 aliphatic carbocycles. The molecule has 0 saturated heterocycles. The summed E-state index contributed by atoms with van der Waals surface area (Å²) in [5, 5.41) is 0. The maximum absolute atomic E-state index is 12.8. The molecule has 1 amide bonds. The van der Waals surface area contributed by atoms with Gasteiger partial charge in [-0.2, -0.15) is 8.42 Å². The van der Waals surface area contributed by atoms with Crippen LogP contribution in [0.2, 0.25) is 0 Å². The molecule has 0 unspecified atom stereocenters. The zero-order valence-electron chi connectivity index (χ0n) is 14.5. The third-order valence-corrected chi connectivity index (χ3v) is 4.46. The van der Waals surface area contributed by atoms with Crippen LogP contribution in [0.5, 0.6) is 5.75 Å². The molecule has 0 N–H and O–H groups in total. The van der Waals surface area contributed by atoms with Gasteiger partial charge in [0.1, 0.15) is 5.75 Å². The third kappa shape index (κ3) is 6.44. The number of benzene rings is 2. The van der Waals surface area contributed by atoms with E-state index in [1.54, 1.807) is 48.4 Å². The van der Waals surface area contributed by atoms with Crippen molar-refractivity contribution in [3.63, 3.8) is 0 Å². The fraction of sp³-hybridized carbons (Fsp3) is 0.278. The highest BCUT2D eigenvalue weighted by Crippen LogP contribution is 2.18. The van der Waals surface area contributed by atoms with Gasteiger partial charge in [-0.3, -0.25) is 4.79 Å². The number of ether oxygens (including phenoxy) is 1. The Kier molecular flexibility index (Phi) is 7.19. The average Bonchev–Trinajstić information content (AvgIpc) is 2.58. The van der Waals surface area contributed by atoms with E-state index in [4.69, 9.17) is 8.92 Å². The number of carbonyl (C=O) groups is 1. The fourth-order valence-electron chi connectivity index (χ4n) is 2.30. The number of rotatable bonds is 8. The standard InChI is InChI=1S/C18H20BrNO5S/c1-24-11-10-20(18(21)15-4-3-5-16(19)12-15)13-14-6-8-17(9-7-14)25-26(2,22)23/h3-9,12H,10-11,13H2,1-2H3. The van der Waals surface area contributed by atoms with E-state index in [1.807, 2.05) is 12.1 Å². The molecule has 0 atom stereocenters. The smallest absolute Gasteiger partial charge is 0.306 e. The van der Waals surface area contributed by atoms with Crippen molar-refractivity contribution in [3.8, 4) is 5.75 Å². The largest absolute Gasteiger partial charge is 0.383 e. The highest BCUT2D eigenvalue weighted by molar-refractivity contribution is 9.10. The molecular formula is C18H20BrNO5S. The number of halogens is 1. The second-order valence-electron chi connectivity index (χ2n) is 5.66. The number of amides is 1. The van der Waals surface area contributed by atoms with Gasteiger partial charge in [-0.1, -0.05) is 34.1 Å². The normalized spacial score (nSPS) is 11.2. The molecule has 0 aliphatic rings. The van der Waals surface area contributed by atoms with Gasteiger partial charge >= 0.3 is 10.1 Å². The van der Waals surface area contributed by atoms with Crippen molar-refractivity contribution in [1.29, 1.82) is 0 Å². The van der Waals surface area contributed by atoms with Crippen molar-refractivity contribution >= 4 is 32.0 Å². The van der Waals surface area contributed by atoms with Gasteiger partial charge in [-0.15, -0.1) is 0 Å². The van der Waals surface area contributed by atoms with E-state index in [0.717, 1.165) is 16.3 Å². The van der Waals surface area contributed by atoms with Crippen LogP contribution in [0.25, 0.3) is 0 Å². The number of nitrogens with zero attached hydrogens (tertiary/aromatic N) is 1. The molecule has 8 heteroatoms. The Balaban J connectivity index is 2.15. The first-order valence-corrected chi connectivity index (χ1v) is 10.4. The van der Waals surface area contributed by atoms with Crippen molar-refractivity contribution in [2.75, 3.05) is 26.5 Å². The minimum Gasteiger partial charge on any atom is -0.383 e. The molecule has 2 rings (SSSR count). The molecule has 0 saturated carbocycles. The Morgan fingerprint density at radius 3 is 2.42 bits per heavy atom. The maximum Gasteiger partial charge on any atom is 0.306 e. The van der Waals surface area contributed by atoms with E-state index in [9.17, 15) is 13.2 Å². The lowest BCUT2D eigenvalue weighted by Gasteiger charge is -2.23. The van der Waals surface area contributed by atoms with Crippen molar-refractivity contribution in [2.45, 2.75) is 6.54 Å². The van der Waals surface area contributed by atoms with Crippen molar-refractivity contribution in [1.82, 2.24) is 4.90 Å². The van der Waals surface area contributed by atoms with E-state index in [0.29, 0.717) is 25.3 Å². The number of hydrogen-bond acceptors (Lipinski definition) is 5. The van der Waals surface area contributed by atoms with Crippen LogP contribution in [0, 0.1) is 0 Å². The lowest BCUT2D eigenvalue weighted by Crippen LogP contribution is -2.33. The SMILES string of the molecule is COCCN(Cc1ccc(OS(C)(=O)=O)cc1)C(=O)c1cccc(Br)c1. The summed E-state index contributed by atoms with van der Waals surface area (Å²) >= 11 is 3.37. The number of carbonyl (C=O) groups excluding carboxylic acids is 1. The first-order valence-electron chi connectivity index (χ1n) is 7.80. The molecule has 0 fully saturated rings. The Morgan fingerprint density at radius 2 is 1.85 bits per heavy atom. The van der Waals surface area contributed by atoms with Gasteiger partial charge in [-0.05, 0) is 35.9 Å². The van der Waals surface area contributed by atoms with E-state index in [2.05, 4.69) is 15.9 Å². The molecule has 140 valence electrons. The molecule has 0 aliphatic heterocycles. The Hall–Kier alpha value is -1.90. The first-order chi connectivity index (χ1) is 12.3. The van der Waals surface area contributed by atoms with E-state index in [1.165, 1.54) is 0 Å². The second kappa shape index (κ2) is 9.16. The van der Waals surface area contributed by atoms with Crippen LogP contribution in [0.3, 0.4) is 0 Å². The molecule has 0 heterocycles. The summed E-state index contributed by atoms with van der Waals surface area (Å²) in [6, 6.07) is 13.8. The molecule has 0 aromatic heterocycles. The van der Waals surface area contributed by atoms with Crippen LogP contribution in [0.15, 0.2) is 53.0 Å². The summed E-state index contributed by atoms with van der Waals surface area (Å²) in [7, 11) is -1.98. The minimum atomic E-state index is -3.56. The first kappa shape index (κ1) is 20.4. The molecular weight excluding hydrogens is 422 g/mol. The number of methoxy groups -OCH3 is 1. The van der Waals surface area contributed by atoms with Gasteiger partial charge in [-0.25, -0.2) is 0 Å². The molecule has 0 spiro atoms. The molecule has 26 heavy (non-hydrogen) atoms. The van der Waals surface area contributed by atoms with E-state index >= 15 is 0 Å². The molecule has 0 radical (unpaired) electrons. The zero-order valence-corrected chi connectivity index (χ0v) is 16.9. The molecule has 0 bridgehead atoms. The van der Waals surface area contributed by atoms with Gasteiger partial charge in [0.25, 0.3) is 5.91 Å². The van der Waals surface area contributed by atoms with Crippen LogP contribution >= 0.6 is 15.9 Å². The Bertz CT molecular complexity index is 852. The highest BCUT2D eigenvalue weighted by atomic mass is 79.9. The zero-order chi connectivity index (χ0) is 19.2. The van der Waals surface area contributed by atoms with Crippen LogP contribution < -0.4 is 4.18 Å². The Labute approximate surface area is 162 Å². The minimum absolute atomic E-state index is 0.111. The molecule has 6 nitrogen and oxygen atoms in total. The van der Waals surface area contributed by atoms with Crippen molar-refractivity contribution in [3.05, 3.63) is 64.1 Å². The lowest BCUT2D eigenvalue weighted by molar-refractivity contribution is 0.0680. The summed E-state index contributed by atoms with van der Waals surface area (Å²) < 4.78 is 33.1. The summed E-state index contributed by atoms with van der Waals surface area (Å²) in [6.07, 6.45) is 0.990. The van der Waals surface area contributed by atoms with Crippen LogP contribution in [0.1, 0.15) is 15.9 Å². The van der Waals surface area contributed by atoms with Gasteiger partial charge in [0, 0.05) is 30.2 Å². The maximum atomic E-state index is 12.8. The topological polar surface area (TPSA) is 72.9 Å². The molecule has 2 aromatic carbocycles. The van der Waals surface area contributed by atoms with Gasteiger partial charge in [0.15, 0.2) is 0 Å². The van der Waals surface area contributed by atoms with Gasteiger partial charge in [0.2, 0.25) is 0 Å². The summed E-state index contributed by atoms with van der Waals surface area (Å²) in [5.41, 5.74) is 1.43. The predicted molar refractivity (Wildman–Crippen MR) is 103 cm³/mol. The second-order valence-corrected chi connectivity index (χ2v) is 8.15.